The van der Waals surface area contributed by atoms with Gasteiger partial charge in [-0.3, -0.25) is 9.59 Å². The fourth-order valence-corrected chi connectivity index (χ4v) is 4.43. The van der Waals surface area contributed by atoms with Crippen molar-refractivity contribution in [2.24, 2.45) is 13.0 Å². The molecule has 0 radical (unpaired) electrons. The first-order valence-electron chi connectivity index (χ1n) is 10.2. The Hall–Kier alpha value is -2.21. The molecule has 3 aromatic rings. The zero-order valence-electron chi connectivity index (χ0n) is 17.3. The molecule has 0 atom stereocenters. The molecule has 4 nitrogen and oxygen atoms in total. The van der Waals surface area contributed by atoms with Gasteiger partial charge in [-0.15, -0.1) is 12.4 Å². The zero-order chi connectivity index (χ0) is 21.3. The summed E-state index contributed by atoms with van der Waals surface area (Å²) in [4.78, 5) is 27.3. The van der Waals surface area contributed by atoms with E-state index in [1.165, 1.54) is 12.1 Å². The first kappa shape index (κ1) is 23.5. The molecule has 2 aromatic carbocycles. The molecule has 31 heavy (non-hydrogen) atoms. The monoisotopic (exact) mass is 462 g/mol. The predicted molar refractivity (Wildman–Crippen MR) is 125 cm³/mol. The SMILES string of the molecule is Cl.Cn1c(=O)cc(CCN2CCC(C(=O)c3ccc(F)cc3)CC2)c2cc(Cl)ccc21. The summed E-state index contributed by atoms with van der Waals surface area (Å²) in [5, 5.41) is 1.66. The van der Waals surface area contributed by atoms with Gasteiger partial charge in [-0.25, -0.2) is 4.39 Å². The molecule has 1 saturated heterocycles. The lowest BCUT2D eigenvalue weighted by atomic mass is 9.88. The van der Waals surface area contributed by atoms with E-state index in [4.69, 9.17) is 11.6 Å². The lowest BCUT2D eigenvalue weighted by molar-refractivity contribution is 0.0841. The van der Waals surface area contributed by atoms with Gasteiger partial charge in [-0.05, 0) is 80.4 Å². The second-order valence-corrected chi connectivity index (χ2v) is 8.40. The number of aromatic nitrogens is 1. The summed E-state index contributed by atoms with van der Waals surface area (Å²) in [7, 11) is 1.77. The van der Waals surface area contributed by atoms with Crippen molar-refractivity contribution >= 4 is 40.7 Å². The van der Waals surface area contributed by atoms with E-state index in [1.54, 1.807) is 35.9 Å². The van der Waals surface area contributed by atoms with Gasteiger partial charge in [0.2, 0.25) is 0 Å². The van der Waals surface area contributed by atoms with Gasteiger partial charge >= 0.3 is 0 Å². The molecule has 0 saturated carbocycles. The van der Waals surface area contributed by atoms with Crippen LogP contribution in [0.25, 0.3) is 10.9 Å². The Kier molecular flexibility index (Phi) is 7.52. The van der Waals surface area contributed by atoms with Crippen LogP contribution in [0.5, 0.6) is 0 Å². The topological polar surface area (TPSA) is 42.3 Å². The summed E-state index contributed by atoms with van der Waals surface area (Å²) in [6.45, 7) is 2.49. The normalized spacial score (nSPS) is 15.1. The third kappa shape index (κ3) is 5.17. The van der Waals surface area contributed by atoms with Gasteiger partial charge < -0.3 is 9.47 Å². The molecule has 1 aliphatic rings. The molecule has 0 bridgehead atoms. The number of hydrogen-bond donors (Lipinski definition) is 0. The lowest BCUT2D eigenvalue weighted by Gasteiger charge is -2.31. The summed E-state index contributed by atoms with van der Waals surface area (Å²) in [5.41, 5.74) is 2.44. The first-order valence-corrected chi connectivity index (χ1v) is 10.6. The Morgan fingerprint density at radius 3 is 2.45 bits per heavy atom. The first-order chi connectivity index (χ1) is 14.4. The van der Waals surface area contributed by atoms with Crippen LogP contribution in [-0.4, -0.2) is 34.9 Å². The number of carbonyl (C=O) groups excluding carboxylic acids is 1. The molecule has 0 amide bonds. The fraction of sp³-hybridized carbons (Fsp3) is 0.333. The molecule has 0 aliphatic carbocycles. The van der Waals surface area contributed by atoms with Crippen molar-refractivity contribution in [3.63, 3.8) is 0 Å². The molecular formula is C24H25Cl2FN2O2. The molecule has 1 aliphatic heterocycles. The summed E-state index contributed by atoms with van der Waals surface area (Å²) >= 11 is 6.19. The molecule has 164 valence electrons. The highest BCUT2D eigenvalue weighted by molar-refractivity contribution is 6.31. The molecule has 2 heterocycles. The second-order valence-electron chi connectivity index (χ2n) is 7.97. The Bertz CT molecular complexity index is 1140. The van der Waals surface area contributed by atoms with Crippen LogP contribution >= 0.6 is 24.0 Å². The summed E-state index contributed by atoms with van der Waals surface area (Å²) < 4.78 is 14.7. The molecule has 1 fully saturated rings. The van der Waals surface area contributed by atoms with Gasteiger partial charge in [0.15, 0.2) is 5.78 Å². The van der Waals surface area contributed by atoms with E-state index in [0.29, 0.717) is 10.6 Å². The zero-order valence-corrected chi connectivity index (χ0v) is 18.9. The Morgan fingerprint density at radius 2 is 1.77 bits per heavy atom. The van der Waals surface area contributed by atoms with E-state index < -0.39 is 0 Å². The summed E-state index contributed by atoms with van der Waals surface area (Å²) in [5.74, 6) is -0.247. The maximum absolute atomic E-state index is 13.1. The number of halogens is 3. The van der Waals surface area contributed by atoms with Crippen LogP contribution in [0.3, 0.4) is 0 Å². The maximum Gasteiger partial charge on any atom is 0.251 e. The van der Waals surface area contributed by atoms with Gasteiger partial charge in [0.1, 0.15) is 5.82 Å². The number of Topliss-reactive ketones (excluding diaryl/α,β-unsaturated/α-hetero) is 1. The molecule has 7 heteroatoms. The van der Waals surface area contributed by atoms with E-state index in [0.717, 1.165) is 55.4 Å². The maximum atomic E-state index is 13.1. The minimum absolute atomic E-state index is 0. The average Bonchev–Trinajstić information content (AvgIpc) is 2.75. The van der Waals surface area contributed by atoms with Crippen molar-refractivity contribution in [3.8, 4) is 0 Å². The third-order valence-corrected chi connectivity index (χ3v) is 6.31. The van der Waals surface area contributed by atoms with Crippen LogP contribution in [0.15, 0.2) is 53.3 Å². The molecular weight excluding hydrogens is 438 g/mol. The Labute approximate surface area is 192 Å². The summed E-state index contributed by atoms with van der Waals surface area (Å²) in [6, 6.07) is 13.1. The van der Waals surface area contributed by atoms with Gasteiger partial charge in [-0.1, -0.05) is 11.6 Å². The summed E-state index contributed by atoms with van der Waals surface area (Å²) in [6.07, 6.45) is 2.34. The van der Waals surface area contributed by atoms with Crippen LogP contribution in [-0.2, 0) is 13.5 Å². The number of pyridine rings is 1. The number of rotatable bonds is 5. The molecule has 0 unspecified atom stereocenters. The van der Waals surface area contributed by atoms with Crippen LogP contribution in [0.1, 0.15) is 28.8 Å². The van der Waals surface area contributed by atoms with Crippen molar-refractivity contribution in [1.29, 1.82) is 0 Å². The molecule has 1 aromatic heterocycles. The van der Waals surface area contributed by atoms with E-state index in [1.807, 2.05) is 12.1 Å². The van der Waals surface area contributed by atoms with Crippen LogP contribution in [0, 0.1) is 11.7 Å². The van der Waals surface area contributed by atoms with Gasteiger partial charge in [0, 0.05) is 41.5 Å². The number of carbonyl (C=O) groups is 1. The van der Waals surface area contributed by atoms with Crippen molar-refractivity contribution in [2.45, 2.75) is 19.3 Å². The Balaban J connectivity index is 0.00000272. The van der Waals surface area contributed by atoms with Gasteiger partial charge in [-0.2, -0.15) is 0 Å². The molecule has 4 rings (SSSR count). The number of piperidine rings is 1. The standard InChI is InChI=1S/C24H24ClFN2O2.ClH/c1-27-22-7-4-19(25)15-21(22)18(14-23(27)29)10-13-28-11-8-17(9-12-28)24(30)16-2-5-20(26)6-3-16;/h2-7,14-15,17H,8-13H2,1H3;1H. The number of fused-ring (bicyclic) bond motifs is 1. The molecule has 0 N–H and O–H groups in total. The quantitative estimate of drug-likeness (QED) is 0.506. The highest BCUT2D eigenvalue weighted by atomic mass is 35.5. The van der Waals surface area contributed by atoms with Crippen LogP contribution in [0.4, 0.5) is 4.39 Å². The van der Waals surface area contributed by atoms with Gasteiger partial charge in [0.25, 0.3) is 5.56 Å². The van der Waals surface area contributed by atoms with Crippen molar-refractivity contribution < 1.29 is 9.18 Å². The third-order valence-electron chi connectivity index (χ3n) is 6.08. The Morgan fingerprint density at radius 1 is 1.10 bits per heavy atom. The minimum atomic E-state index is -0.328. The highest BCUT2D eigenvalue weighted by Gasteiger charge is 2.25. The predicted octanol–water partition coefficient (Wildman–Crippen LogP) is 4.89. The van der Waals surface area contributed by atoms with E-state index in [-0.39, 0.29) is 35.5 Å². The number of benzene rings is 2. The van der Waals surface area contributed by atoms with Crippen molar-refractivity contribution in [3.05, 3.63) is 80.9 Å². The number of likely N-dealkylation sites (tertiary alicyclic amines) is 1. The van der Waals surface area contributed by atoms with Crippen LogP contribution in [0.2, 0.25) is 5.02 Å². The van der Waals surface area contributed by atoms with E-state index in [9.17, 15) is 14.0 Å². The van der Waals surface area contributed by atoms with Gasteiger partial charge in [0.05, 0.1) is 5.52 Å². The minimum Gasteiger partial charge on any atom is -0.311 e. The van der Waals surface area contributed by atoms with Crippen molar-refractivity contribution in [1.82, 2.24) is 9.47 Å². The number of nitrogens with zero attached hydrogens (tertiary/aromatic N) is 2. The lowest BCUT2D eigenvalue weighted by Crippen LogP contribution is -2.37. The number of aryl methyl sites for hydroxylation is 1. The fourth-order valence-electron chi connectivity index (χ4n) is 4.25. The average molecular weight is 463 g/mol. The van der Waals surface area contributed by atoms with Crippen molar-refractivity contribution in [2.75, 3.05) is 19.6 Å². The smallest absolute Gasteiger partial charge is 0.251 e. The molecule has 0 spiro atoms. The van der Waals surface area contributed by atoms with E-state index >= 15 is 0 Å². The number of ketones is 1. The van der Waals surface area contributed by atoms with E-state index in [2.05, 4.69) is 4.90 Å². The van der Waals surface area contributed by atoms with Crippen LogP contribution < -0.4 is 5.56 Å². The second kappa shape index (κ2) is 9.94. The number of hydrogen-bond acceptors (Lipinski definition) is 3. The largest absolute Gasteiger partial charge is 0.311 e. The highest BCUT2D eigenvalue weighted by Crippen LogP contribution is 2.24.